The smallest absolute Gasteiger partial charge is 0.255 e. The normalized spacial score (nSPS) is 10.8. The number of amides is 1. The molecule has 0 unspecified atom stereocenters. The number of para-hydroxylation sites is 1. The molecule has 20 heavy (non-hydrogen) atoms. The van der Waals surface area contributed by atoms with Crippen LogP contribution in [0.1, 0.15) is 35.6 Å². The van der Waals surface area contributed by atoms with E-state index in [1.807, 2.05) is 48.9 Å². The van der Waals surface area contributed by atoms with Gasteiger partial charge in [0.05, 0.1) is 22.6 Å². The Bertz CT molecular complexity index is 600. The van der Waals surface area contributed by atoms with E-state index in [0.717, 1.165) is 17.1 Å². The molecule has 0 saturated heterocycles. The van der Waals surface area contributed by atoms with Crippen molar-refractivity contribution < 1.29 is 4.79 Å². The molecule has 0 aliphatic rings. The van der Waals surface area contributed by atoms with Gasteiger partial charge >= 0.3 is 0 Å². The highest BCUT2D eigenvalue weighted by molar-refractivity contribution is 5.96. The number of nitrogens with one attached hydrogen (secondary N) is 1. The number of rotatable bonds is 4. The molecule has 0 radical (unpaired) electrons. The molecule has 2 aromatic rings. The van der Waals surface area contributed by atoms with E-state index < -0.39 is 0 Å². The summed E-state index contributed by atoms with van der Waals surface area (Å²) >= 11 is 0. The van der Waals surface area contributed by atoms with Gasteiger partial charge in [-0.3, -0.25) is 4.79 Å². The Hall–Kier alpha value is -2.10. The summed E-state index contributed by atoms with van der Waals surface area (Å²) < 4.78 is 1.82. The van der Waals surface area contributed by atoms with E-state index in [-0.39, 0.29) is 5.91 Å². The van der Waals surface area contributed by atoms with Crippen molar-refractivity contribution in [2.24, 2.45) is 5.92 Å². The van der Waals surface area contributed by atoms with Crippen molar-refractivity contribution in [1.82, 2.24) is 15.1 Å². The number of aryl methyl sites for hydroxylation is 1. The minimum Gasteiger partial charge on any atom is -0.352 e. The third-order valence-corrected chi connectivity index (χ3v) is 3.19. The van der Waals surface area contributed by atoms with Crippen LogP contribution in [0, 0.1) is 19.8 Å². The van der Waals surface area contributed by atoms with E-state index in [1.165, 1.54) is 0 Å². The molecule has 0 spiro atoms. The molecule has 0 aliphatic heterocycles. The van der Waals surface area contributed by atoms with Crippen LogP contribution in [0.25, 0.3) is 5.69 Å². The monoisotopic (exact) mass is 271 g/mol. The first-order chi connectivity index (χ1) is 9.50. The van der Waals surface area contributed by atoms with Crippen LogP contribution in [0.5, 0.6) is 0 Å². The van der Waals surface area contributed by atoms with Gasteiger partial charge in [-0.2, -0.15) is 5.10 Å². The Kier molecular flexibility index (Phi) is 4.23. The maximum Gasteiger partial charge on any atom is 0.255 e. The van der Waals surface area contributed by atoms with Crippen molar-refractivity contribution in [3.63, 3.8) is 0 Å². The van der Waals surface area contributed by atoms with Crippen LogP contribution in [-0.2, 0) is 0 Å². The maximum atomic E-state index is 12.3. The summed E-state index contributed by atoms with van der Waals surface area (Å²) in [4.78, 5) is 12.3. The minimum absolute atomic E-state index is 0.0455. The highest BCUT2D eigenvalue weighted by atomic mass is 16.1. The van der Waals surface area contributed by atoms with Crippen LogP contribution in [0.2, 0.25) is 0 Å². The lowest BCUT2D eigenvalue weighted by molar-refractivity contribution is 0.0948. The minimum atomic E-state index is -0.0455. The zero-order valence-corrected chi connectivity index (χ0v) is 12.5. The Morgan fingerprint density at radius 2 is 1.90 bits per heavy atom. The first-order valence-electron chi connectivity index (χ1n) is 6.90. The van der Waals surface area contributed by atoms with Crippen molar-refractivity contribution >= 4 is 5.91 Å². The Morgan fingerprint density at radius 1 is 1.25 bits per heavy atom. The Balaban J connectivity index is 2.32. The molecule has 1 N–H and O–H groups in total. The summed E-state index contributed by atoms with van der Waals surface area (Å²) in [7, 11) is 0. The molecule has 0 bridgehead atoms. The second-order valence-electron chi connectivity index (χ2n) is 5.40. The molecule has 0 fully saturated rings. The second-order valence-corrected chi connectivity index (χ2v) is 5.40. The molecule has 0 aliphatic carbocycles. The van der Waals surface area contributed by atoms with Crippen LogP contribution >= 0.6 is 0 Å². The number of hydrogen-bond acceptors (Lipinski definition) is 2. The largest absolute Gasteiger partial charge is 0.352 e. The molecular formula is C16H21N3O. The van der Waals surface area contributed by atoms with Crippen LogP contribution in [0.4, 0.5) is 0 Å². The molecule has 1 aromatic carbocycles. The number of carbonyl (C=O) groups is 1. The molecule has 4 nitrogen and oxygen atoms in total. The van der Waals surface area contributed by atoms with Crippen LogP contribution < -0.4 is 5.32 Å². The highest BCUT2D eigenvalue weighted by Crippen LogP contribution is 2.17. The lowest BCUT2D eigenvalue weighted by atomic mass is 10.1. The van der Waals surface area contributed by atoms with E-state index in [4.69, 9.17) is 0 Å². The van der Waals surface area contributed by atoms with E-state index in [9.17, 15) is 4.79 Å². The summed E-state index contributed by atoms with van der Waals surface area (Å²) in [5.74, 6) is 0.389. The van der Waals surface area contributed by atoms with Gasteiger partial charge in [-0.05, 0) is 31.9 Å². The lowest BCUT2D eigenvalue weighted by Gasteiger charge is -2.08. The average Bonchev–Trinajstić information content (AvgIpc) is 2.72. The standard InChI is InChI=1S/C16H21N3O/c1-11(2)10-17-16(20)15-12(3)18-19(13(15)4)14-8-6-5-7-9-14/h5-9,11H,10H2,1-4H3,(H,17,20). The summed E-state index contributed by atoms with van der Waals surface area (Å²) in [5.41, 5.74) is 3.27. The summed E-state index contributed by atoms with van der Waals surface area (Å²) in [6.45, 7) is 8.63. The van der Waals surface area contributed by atoms with Gasteiger partial charge in [0.25, 0.3) is 5.91 Å². The van der Waals surface area contributed by atoms with Crippen LogP contribution in [0.3, 0.4) is 0 Å². The van der Waals surface area contributed by atoms with Gasteiger partial charge in [0, 0.05) is 6.54 Å². The van der Waals surface area contributed by atoms with E-state index in [0.29, 0.717) is 18.0 Å². The zero-order chi connectivity index (χ0) is 14.7. The van der Waals surface area contributed by atoms with Crippen molar-refractivity contribution in [2.75, 3.05) is 6.54 Å². The van der Waals surface area contributed by atoms with Crippen LogP contribution in [-0.4, -0.2) is 22.2 Å². The van der Waals surface area contributed by atoms with Gasteiger partial charge in [-0.25, -0.2) is 4.68 Å². The molecule has 1 aromatic heterocycles. The Morgan fingerprint density at radius 3 is 2.50 bits per heavy atom. The third-order valence-electron chi connectivity index (χ3n) is 3.19. The SMILES string of the molecule is Cc1nn(-c2ccccc2)c(C)c1C(=O)NCC(C)C. The second kappa shape index (κ2) is 5.90. The predicted molar refractivity (Wildman–Crippen MR) is 80.2 cm³/mol. The fourth-order valence-electron chi connectivity index (χ4n) is 2.18. The zero-order valence-electron chi connectivity index (χ0n) is 12.5. The quantitative estimate of drug-likeness (QED) is 0.929. The van der Waals surface area contributed by atoms with E-state index in [1.54, 1.807) is 0 Å². The first-order valence-corrected chi connectivity index (χ1v) is 6.90. The van der Waals surface area contributed by atoms with Crippen molar-refractivity contribution in [2.45, 2.75) is 27.7 Å². The average molecular weight is 271 g/mol. The molecule has 1 heterocycles. The van der Waals surface area contributed by atoms with Gasteiger partial charge in [-0.15, -0.1) is 0 Å². The van der Waals surface area contributed by atoms with Gasteiger partial charge < -0.3 is 5.32 Å². The molecule has 0 saturated carbocycles. The fourth-order valence-corrected chi connectivity index (χ4v) is 2.18. The van der Waals surface area contributed by atoms with E-state index >= 15 is 0 Å². The van der Waals surface area contributed by atoms with Gasteiger partial charge in [-0.1, -0.05) is 32.0 Å². The van der Waals surface area contributed by atoms with Crippen molar-refractivity contribution in [3.05, 3.63) is 47.3 Å². The molecular weight excluding hydrogens is 250 g/mol. The number of nitrogens with zero attached hydrogens (tertiary/aromatic N) is 2. The Labute approximate surface area is 119 Å². The topological polar surface area (TPSA) is 46.9 Å². The summed E-state index contributed by atoms with van der Waals surface area (Å²) in [5, 5.41) is 7.44. The molecule has 1 amide bonds. The third kappa shape index (κ3) is 2.90. The number of carbonyl (C=O) groups excluding carboxylic acids is 1. The highest BCUT2D eigenvalue weighted by Gasteiger charge is 2.19. The lowest BCUT2D eigenvalue weighted by Crippen LogP contribution is -2.28. The first kappa shape index (κ1) is 14.3. The number of aromatic nitrogens is 2. The maximum absolute atomic E-state index is 12.3. The van der Waals surface area contributed by atoms with Gasteiger partial charge in [0.1, 0.15) is 0 Å². The van der Waals surface area contributed by atoms with Crippen molar-refractivity contribution in [1.29, 1.82) is 0 Å². The predicted octanol–water partition coefficient (Wildman–Crippen LogP) is 2.87. The van der Waals surface area contributed by atoms with Gasteiger partial charge in [0.2, 0.25) is 0 Å². The van der Waals surface area contributed by atoms with E-state index in [2.05, 4.69) is 24.3 Å². The number of hydrogen-bond donors (Lipinski definition) is 1. The summed E-state index contributed by atoms with van der Waals surface area (Å²) in [6, 6.07) is 9.85. The van der Waals surface area contributed by atoms with Crippen LogP contribution in [0.15, 0.2) is 30.3 Å². The molecule has 0 atom stereocenters. The molecule has 2 rings (SSSR count). The van der Waals surface area contributed by atoms with Gasteiger partial charge in [0.15, 0.2) is 0 Å². The van der Waals surface area contributed by atoms with Crippen molar-refractivity contribution in [3.8, 4) is 5.69 Å². The number of benzene rings is 1. The summed E-state index contributed by atoms with van der Waals surface area (Å²) in [6.07, 6.45) is 0. The molecule has 106 valence electrons. The fraction of sp³-hybridized carbons (Fsp3) is 0.375. The molecule has 4 heteroatoms.